The monoisotopic (exact) mass is 1200 g/mol. The van der Waals surface area contributed by atoms with Crippen LogP contribution in [0.2, 0.25) is 0 Å². The largest absolute Gasteiger partial charge is 1.00 e. The number of ketones is 1. The standard InChI is InChI=1S/C58H63N3O17.HI/c1-32(2)59-54(70)73-31-61-26-18-25-39(29-61)52(68)76-46(44(36-19-12-9-13-20-36)60-50(66)37-21-14-10-15-22-37)53(69)75-40-28-58(71)49(77-51(67)38-23-16-11-17-24-38)47-56(8,41(64)27-42-57(47,30-72-42)78-35(5)63)48(65)45(74-34(4)62)43(33(40)3)55(58,6)7;/h9-26,29,32,40-42,44-47,49,64,71H,27-28,30-31H2,1-8H3,(H-,59,60,66,70);1H/t40-,41-,42+,44-,45+,46+,47-,49-,56+,57-,58+;/m0./s1. The van der Waals surface area contributed by atoms with E-state index in [0.717, 1.165) is 13.8 Å². The Balaban J connectivity index is 0.00000903. The van der Waals surface area contributed by atoms with Crippen molar-refractivity contribution < 1.29 is 110 Å². The van der Waals surface area contributed by atoms with Gasteiger partial charge in [-0.1, -0.05) is 80.6 Å². The van der Waals surface area contributed by atoms with Gasteiger partial charge < -0.3 is 78.0 Å². The zero-order valence-corrected chi connectivity index (χ0v) is 47.0. The van der Waals surface area contributed by atoms with Crippen LogP contribution in [0.15, 0.2) is 127 Å². The van der Waals surface area contributed by atoms with Gasteiger partial charge >= 0.3 is 35.9 Å². The van der Waals surface area contributed by atoms with Gasteiger partial charge in [0.05, 0.1) is 29.6 Å². The number of carbonyl (C=O) groups excluding carboxylic acids is 8. The Bertz CT molecular complexity index is 3010. The minimum atomic E-state index is -2.51. The van der Waals surface area contributed by atoms with Crippen molar-refractivity contribution in [3.8, 4) is 0 Å². The van der Waals surface area contributed by atoms with Crippen LogP contribution in [0.4, 0.5) is 4.79 Å². The fraction of sp³-hybridized carbons (Fsp3) is 0.431. The van der Waals surface area contributed by atoms with Crippen LogP contribution in [0, 0.1) is 16.7 Å². The first kappa shape index (κ1) is 59.6. The van der Waals surface area contributed by atoms with E-state index in [-0.39, 0.29) is 83.2 Å². The number of amides is 2. The fourth-order valence-corrected chi connectivity index (χ4v) is 11.6. The number of esters is 5. The highest BCUT2D eigenvalue weighted by Gasteiger charge is 2.78. The minimum absolute atomic E-state index is 0. The summed E-state index contributed by atoms with van der Waals surface area (Å²) in [5.74, 6) is -8.32. The van der Waals surface area contributed by atoms with E-state index in [1.165, 1.54) is 81.1 Å². The average Bonchev–Trinajstić information content (AvgIpc) is 2.69. The molecule has 0 radical (unpaired) electrons. The first-order valence-corrected chi connectivity index (χ1v) is 25.6. The Morgan fingerprint density at radius 3 is 1.97 bits per heavy atom. The third kappa shape index (κ3) is 11.5. The van der Waals surface area contributed by atoms with Crippen molar-refractivity contribution in [1.82, 2.24) is 10.6 Å². The SMILES string of the molecule is CC(=O)O[C@H]1C(=O)[C@@]2(C)[C@H]([C@H](OC(=O)c3ccccc3)[C@]3(O)C[C@H](OC(=O)[C@H](OC(=O)c4ccc[n+](COC(=O)NC(C)C)c4)[C@@H](NC(=O)c4ccccc4)c4ccccc4)C(C)=C1C3(C)C)[C@]1(OC(C)=O)CO[C@@H]1C[C@@H]2O.[I-]. The summed E-state index contributed by atoms with van der Waals surface area (Å²) >= 11 is 0. The maximum atomic E-state index is 15.8. The van der Waals surface area contributed by atoms with Crippen molar-refractivity contribution in [2.24, 2.45) is 16.7 Å². The van der Waals surface area contributed by atoms with Crippen molar-refractivity contribution in [3.05, 3.63) is 149 Å². The maximum Gasteiger partial charge on any atom is 0.412 e. The number of alkyl carbamates (subject to hydrolysis) is 1. The van der Waals surface area contributed by atoms with Crippen molar-refractivity contribution in [1.29, 1.82) is 0 Å². The molecule has 1 aromatic heterocycles. The molecule has 0 spiro atoms. The maximum absolute atomic E-state index is 15.8. The molecule has 3 aromatic carbocycles. The molecule has 4 aromatic rings. The molecular formula is C58H64IN3O17. The number of Topliss-reactive ketones (excluding diaryl/α,β-unsaturated/α-hetero) is 1. The number of hydrogen-bond acceptors (Lipinski definition) is 17. The number of nitrogens with zero attached hydrogens (tertiary/aromatic N) is 1. The number of hydrogen-bond donors (Lipinski definition) is 4. The number of benzene rings is 3. The van der Waals surface area contributed by atoms with Gasteiger partial charge in [0.2, 0.25) is 6.10 Å². The van der Waals surface area contributed by atoms with E-state index in [4.69, 9.17) is 33.2 Å². The Labute approximate surface area is 473 Å². The van der Waals surface area contributed by atoms with Crippen LogP contribution in [0.1, 0.15) is 111 Å². The van der Waals surface area contributed by atoms with Gasteiger partial charge in [-0.3, -0.25) is 19.2 Å². The molecule has 4 aliphatic rings. The van der Waals surface area contributed by atoms with E-state index < -0.39 is 125 Å². The molecular weight excluding hydrogens is 1140 g/mol. The van der Waals surface area contributed by atoms with Crippen molar-refractivity contribution in [2.75, 3.05) is 6.61 Å². The zero-order chi connectivity index (χ0) is 56.5. The van der Waals surface area contributed by atoms with Crippen LogP contribution in [0.3, 0.4) is 0 Å². The van der Waals surface area contributed by atoms with E-state index >= 15 is 9.59 Å². The smallest absolute Gasteiger partial charge is 0.412 e. The van der Waals surface area contributed by atoms with Gasteiger partial charge in [0.25, 0.3) is 12.6 Å². The molecule has 1 saturated heterocycles. The number of pyridine rings is 1. The lowest BCUT2D eigenvalue weighted by atomic mass is 9.44. The summed E-state index contributed by atoms with van der Waals surface area (Å²) in [4.78, 5) is 113. The number of aliphatic hydroxyl groups excluding tert-OH is 1. The topological polar surface area (TPSA) is 270 Å². The third-order valence-corrected chi connectivity index (χ3v) is 15.5. The van der Waals surface area contributed by atoms with Gasteiger partial charge in [-0.2, -0.15) is 4.57 Å². The summed E-state index contributed by atoms with van der Waals surface area (Å²) in [6, 6.07) is 25.1. The highest BCUT2D eigenvalue weighted by molar-refractivity contribution is 5.97. The summed E-state index contributed by atoms with van der Waals surface area (Å²) < 4.78 is 43.8. The molecule has 8 rings (SSSR count). The van der Waals surface area contributed by atoms with Gasteiger partial charge in [-0.05, 0) is 74.7 Å². The number of rotatable bonds is 15. The summed E-state index contributed by atoms with van der Waals surface area (Å²) in [6.45, 7) is 11.0. The normalized spacial score (nSPS) is 27.2. The molecule has 1 aliphatic heterocycles. The Hall–Kier alpha value is -7.08. The van der Waals surface area contributed by atoms with E-state index in [1.807, 2.05) is 0 Å². The molecule has 2 saturated carbocycles. The van der Waals surface area contributed by atoms with Gasteiger partial charge in [-0.25, -0.2) is 19.2 Å². The zero-order valence-electron chi connectivity index (χ0n) is 44.8. The first-order valence-electron chi connectivity index (χ1n) is 25.6. The Morgan fingerprint density at radius 2 is 1.39 bits per heavy atom. The van der Waals surface area contributed by atoms with Crippen LogP contribution in [0.25, 0.3) is 0 Å². The molecule has 420 valence electrons. The molecule has 4 N–H and O–H groups in total. The van der Waals surface area contributed by atoms with Crippen LogP contribution in [0.5, 0.6) is 0 Å². The summed E-state index contributed by atoms with van der Waals surface area (Å²) in [6.07, 6.45) is -9.01. The molecule has 21 heteroatoms. The number of halogens is 1. The predicted molar refractivity (Wildman–Crippen MR) is 272 cm³/mol. The molecule has 2 heterocycles. The molecule has 20 nitrogen and oxygen atoms in total. The average molecular weight is 1200 g/mol. The number of nitrogens with one attached hydrogen (secondary N) is 2. The predicted octanol–water partition coefficient (Wildman–Crippen LogP) is 1.98. The molecule has 3 fully saturated rings. The number of aliphatic hydroxyl groups is 2. The Kier molecular flexibility index (Phi) is 17.9. The first-order chi connectivity index (χ1) is 36.9. The van der Waals surface area contributed by atoms with E-state index in [0.29, 0.717) is 0 Å². The number of ether oxygens (including phenoxy) is 7. The lowest BCUT2D eigenvalue weighted by Crippen LogP contribution is -3.00. The van der Waals surface area contributed by atoms with Gasteiger partial charge in [0.15, 0.2) is 29.9 Å². The van der Waals surface area contributed by atoms with Crippen LogP contribution in [-0.4, -0.2) is 118 Å². The molecule has 0 unspecified atom stereocenters. The molecule has 2 amide bonds. The lowest BCUT2D eigenvalue weighted by Gasteiger charge is -2.67. The molecule has 3 aliphatic carbocycles. The number of carbonyl (C=O) groups is 8. The molecule has 11 atom stereocenters. The highest BCUT2D eigenvalue weighted by atomic mass is 127. The number of aromatic nitrogens is 1. The summed E-state index contributed by atoms with van der Waals surface area (Å²) in [7, 11) is 0. The van der Waals surface area contributed by atoms with E-state index in [9.17, 15) is 39.0 Å². The van der Waals surface area contributed by atoms with Crippen LogP contribution in [-0.2, 0) is 59.1 Å². The Morgan fingerprint density at radius 1 is 0.785 bits per heavy atom. The quantitative estimate of drug-likeness (QED) is 0.0436. The van der Waals surface area contributed by atoms with E-state index in [2.05, 4.69) is 10.6 Å². The van der Waals surface area contributed by atoms with E-state index in [1.54, 1.807) is 80.6 Å². The minimum Gasteiger partial charge on any atom is -1.00 e. The second-order valence-electron chi connectivity index (χ2n) is 21.2. The van der Waals surface area contributed by atoms with Crippen molar-refractivity contribution >= 4 is 47.6 Å². The van der Waals surface area contributed by atoms with Crippen molar-refractivity contribution in [2.45, 2.75) is 135 Å². The molecule has 2 bridgehead atoms. The third-order valence-electron chi connectivity index (χ3n) is 15.5. The highest BCUT2D eigenvalue weighted by Crippen LogP contribution is 2.64. The van der Waals surface area contributed by atoms with Crippen LogP contribution >= 0.6 is 0 Å². The number of fused-ring (bicyclic) bond motifs is 5. The van der Waals surface area contributed by atoms with Gasteiger partial charge in [-0.15, -0.1) is 0 Å². The summed E-state index contributed by atoms with van der Waals surface area (Å²) in [5.41, 5.74) is -7.86. The lowest BCUT2D eigenvalue weighted by molar-refractivity contribution is -0.727. The molecule has 79 heavy (non-hydrogen) atoms. The summed E-state index contributed by atoms with van der Waals surface area (Å²) in [5, 5.41) is 31.8. The van der Waals surface area contributed by atoms with Crippen LogP contribution < -0.4 is 39.2 Å². The fourth-order valence-electron chi connectivity index (χ4n) is 11.6. The van der Waals surface area contributed by atoms with Gasteiger partial charge in [0.1, 0.15) is 35.5 Å². The van der Waals surface area contributed by atoms with Crippen molar-refractivity contribution in [3.63, 3.8) is 0 Å². The second-order valence-corrected chi connectivity index (χ2v) is 21.2. The van der Waals surface area contributed by atoms with Gasteiger partial charge in [0, 0.05) is 49.8 Å². The second kappa shape index (κ2) is 23.7.